The van der Waals surface area contributed by atoms with Crippen molar-refractivity contribution in [3.63, 3.8) is 0 Å². The molecule has 0 atom stereocenters. The van der Waals surface area contributed by atoms with Gasteiger partial charge in [-0.3, -0.25) is 9.99 Å². The number of benzene rings is 2. The molecule has 3 heteroatoms. The molecule has 0 bridgehead atoms. The summed E-state index contributed by atoms with van der Waals surface area (Å²) >= 11 is 0. The maximum Gasteiger partial charge on any atom is 0.0614 e. The number of aromatic nitrogens is 1. The molecule has 0 saturated heterocycles. The topological polar surface area (TPSA) is 28.5 Å². The third-order valence-electron chi connectivity index (χ3n) is 3.49. The Bertz CT molecular complexity index is 683. The van der Waals surface area contributed by atoms with E-state index in [1.165, 1.54) is 11.1 Å². The smallest absolute Gasteiger partial charge is 0.0614 e. The standard InChI is InChI=1S/C20H19N3/c1-3-7-19(8-4-1)16-23(17-20-9-5-2-6-10-20)22-15-18-11-13-21-14-12-18/h1-15H,16-17H2. The van der Waals surface area contributed by atoms with Crippen molar-refractivity contribution < 1.29 is 0 Å². The molecule has 0 saturated carbocycles. The van der Waals surface area contributed by atoms with Crippen LogP contribution in [0.2, 0.25) is 0 Å². The van der Waals surface area contributed by atoms with Gasteiger partial charge in [0, 0.05) is 12.4 Å². The molecular weight excluding hydrogens is 282 g/mol. The normalized spacial score (nSPS) is 10.8. The van der Waals surface area contributed by atoms with Gasteiger partial charge in [0.05, 0.1) is 19.3 Å². The molecule has 0 radical (unpaired) electrons. The lowest BCUT2D eigenvalue weighted by molar-refractivity contribution is 0.272. The van der Waals surface area contributed by atoms with Gasteiger partial charge in [-0.25, -0.2) is 0 Å². The van der Waals surface area contributed by atoms with Crippen LogP contribution >= 0.6 is 0 Å². The van der Waals surface area contributed by atoms with Gasteiger partial charge in [-0.1, -0.05) is 60.7 Å². The van der Waals surface area contributed by atoms with Gasteiger partial charge in [0.25, 0.3) is 0 Å². The van der Waals surface area contributed by atoms with Crippen LogP contribution in [0.15, 0.2) is 90.3 Å². The second kappa shape index (κ2) is 7.90. The van der Waals surface area contributed by atoms with Crippen molar-refractivity contribution in [2.45, 2.75) is 13.1 Å². The molecule has 3 nitrogen and oxygen atoms in total. The Hall–Kier alpha value is -2.94. The van der Waals surface area contributed by atoms with Crippen LogP contribution in [-0.4, -0.2) is 16.2 Å². The van der Waals surface area contributed by atoms with Crippen molar-refractivity contribution in [1.82, 2.24) is 9.99 Å². The van der Waals surface area contributed by atoms with Gasteiger partial charge in [0.2, 0.25) is 0 Å². The van der Waals surface area contributed by atoms with Gasteiger partial charge in [-0.15, -0.1) is 0 Å². The van der Waals surface area contributed by atoms with E-state index in [-0.39, 0.29) is 0 Å². The third-order valence-corrected chi connectivity index (χ3v) is 3.49. The third kappa shape index (κ3) is 4.78. The molecule has 3 rings (SSSR count). The average Bonchev–Trinajstić information content (AvgIpc) is 2.62. The Morgan fingerprint density at radius 1 is 0.739 bits per heavy atom. The first-order valence-electron chi connectivity index (χ1n) is 7.67. The second-order valence-electron chi connectivity index (χ2n) is 5.32. The van der Waals surface area contributed by atoms with Crippen molar-refractivity contribution in [2.24, 2.45) is 5.10 Å². The fourth-order valence-electron chi connectivity index (χ4n) is 2.32. The fourth-order valence-corrected chi connectivity index (χ4v) is 2.32. The van der Waals surface area contributed by atoms with E-state index in [2.05, 4.69) is 63.6 Å². The summed E-state index contributed by atoms with van der Waals surface area (Å²) < 4.78 is 0. The SMILES string of the molecule is C(=NN(Cc1ccccc1)Cc1ccccc1)c1ccncc1. The predicted molar refractivity (Wildman–Crippen MR) is 94.0 cm³/mol. The molecule has 1 heterocycles. The van der Waals surface area contributed by atoms with Crippen LogP contribution in [0.5, 0.6) is 0 Å². The van der Waals surface area contributed by atoms with Crippen molar-refractivity contribution in [2.75, 3.05) is 0 Å². The summed E-state index contributed by atoms with van der Waals surface area (Å²) in [5.41, 5.74) is 3.54. The zero-order valence-electron chi connectivity index (χ0n) is 12.9. The Morgan fingerprint density at radius 2 is 1.26 bits per heavy atom. The van der Waals surface area contributed by atoms with E-state index in [1.54, 1.807) is 12.4 Å². The summed E-state index contributed by atoms with van der Waals surface area (Å²) in [6, 6.07) is 24.7. The van der Waals surface area contributed by atoms with Gasteiger partial charge in [-0.2, -0.15) is 5.10 Å². The summed E-state index contributed by atoms with van der Waals surface area (Å²) in [5.74, 6) is 0. The summed E-state index contributed by atoms with van der Waals surface area (Å²) in [6.07, 6.45) is 5.44. The van der Waals surface area contributed by atoms with Crippen molar-refractivity contribution in [1.29, 1.82) is 0 Å². The Morgan fingerprint density at radius 3 is 1.78 bits per heavy atom. The minimum atomic E-state index is 0.775. The van der Waals surface area contributed by atoms with Crippen molar-refractivity contribution >= 4 is 6.21 Å². The molecular formula is C20H19N3. The maximum atomic E-state index is 4.67. The van der Waals surface area contributed by atoms with Gasteiger partial charge >= 0.3 is 0 Å². The minimum absolute atomic E-state index is 0.775. The maximum absolute atomic E-state index is 4.67. The molecule has 0 aliphatic rings. The number of rotatable bonds is 6. The molecule has 0 spiro atoms. The lowest BCUT2D eigenvalue weighted by Crippen LogP contribution is -2.17. The van der Waals surface area contributed by atoms with Crippen LogP contribution < -0.4 is 0 Å². The number of hydrogen-bond acceptors (Lipinski definition) is 3. The highest BCUT2D eigenvalue weighted by molar-refractivity contribution is 5.78. The number of hydrogen-bond donors (Lipinski definition) is 0. The van der Waals surface area contributed by atoms with Crippen molar-refractivity contribution in [3.8, 4) is 0 Å². The molecule has 23 heavy (non-hydrogen) atoms. The summed E-state index contributed by atoms with van der Waals surface area (Å²) in [5, 5.41) is 6.74. The fraction of sp³-hybridized carbons (Fsp3) is 0.100. The van der Waals surface area contributed by atoms with E-state index in [9.17, 15) is 0 Å². The second-order valence-corrected chi connectivity index (χ2v) is 5.32. The highest BCUT2D eigenvalue weighted by Crippen LogP contribution is 2.10. The minimum Gasteiger partial charge on any atom is -0.288 e. The first-order chi connectivity index (χ1) is 11.4. The molecule has 0 aliphatic heterocycles. The molecule has 114 valence electrons. The monoisotopic (exact) mass is 301 g/mol. The zero-order chi connectivity index (χ0) is 15.7. The Balaban J connectivity index is 1.76. The van der Waals surface area contributed by atoms with Gasteiger partial charge in [0.1, 0.15) is 0 Å². The van der Waals surface area contributed by atoms with Crippen LogP contribution in [0.25, 0.3) is 0 Å². The highest BCUT2D eigenvalue weighted by Gasteiger charge is 2.04. The quantitative estimate of drug-likeness (QED) is 0.506. The first-order valence-corrected chi connectivity index (χ1v) is 7.67. The first kappa shape index (κ1) is 15.0. The van der Waals surface area contributed by atoms with E-state index >= 15 is 0 Å². The van der Waals surface area contributed by atoms with E-state index in [4.69, 9.17) is 0 Å². The van der Waals surface area contributed by atoms with E-state index in [1.807, 2.05) is 30.5 Å². The molecule has 0 unspecified atom stereocenters. The van der Waals surface area contributed by atoms with Crippen LogP contribution in [0.1, 0.15) is 16.7 Å². The molecule has 0 amide bonds. The van der Waals surface area contributed by atoms with Crippen LogP contribution in [0, 0.1) is 0 Å². The van der Waals surface area contributed by atoms with Gasteiger partial charge < -0.3 is 0 Å². The Kier molecular flexibility index (Phi) is 5.14. The number of hydrazone groups is 1. The zero-order valence-corrected chi connectivity index (χ0v) is 12.9. The summed E-state index contributed by atoms with van der Waals surface area (Å²) in [7, 11) is 0. The van der Waals surface area contributed by atoms with E-state index in [0.29, 0.717) is 0 Å². The summed E-state index contributed by atoms with van der Waals surface area (Å²) in [4.78, 5) is 4.03. The van der Waals surface area contributed by atoms with Gasteiger partial charge in [0.15, 0.2) is 0 Å². The molecule has 0 fully saturated rings. The van der Waals surface area contributed by atoms with Crippen molar-refractivity contribution in [3.05, 3.63) is 102 Å². The lowest BCUT2D eigenvalue weighted by atomic mass is 10.2. The summed E-state index contributed by atoms with van der Waals surface area (Å²) in [6.45, 7) is 1.55. The van der Waals surface area contributed by atoms with Crippen LogP contribution in [-0.2, 0) is 13.1 Å². The van der Waals surface area contributed by atoms with E-state index in [0.717, 1.165) is 18.7 Å². The largest absolute Gasteiger partial charge is 0.288 e. The molecule has 3 aromatic rings. The Labute approximate surface area is 136 Å². The van der Waals surface area contributed by atoms with Crippen LogP contribution in [0.3, 0.4) is 0 Å². The molecule has 2 aromatic carbocycles. The molecule has 1 aromatic heterocycles. The molecule has 0 aliphatic carbocycles. The van der Waals surface area contributed by atoms with Gasteiger partial charge in [-0.05, 0) is 28.8 Å². The predicted octanol–water partition coefficient (Wildman–Crippen LogP) is 4.12. The molecule has 0 N–H and O–H groups in total. The van der Waals surface area contributed by atoms with Crippen LogP contribution in [0.4, 0.5) is 0 Å². The number of pyridine rings is 1. The van der Waals surface area contributed by atoms with E-state index < -0.39 is 0 Å². The highest BCUT2D eigenvalue weighted by atomic mass is 15.4. The lowest BCUT2D eigenvalue weighted by Gasteiger charge is -2.19. The average molecular weight is 301 g/mol. The number of nitrogens with zero attached hydrogens (tertiary/aromatic N) is 3.